The second-order valence-electron chi connectivity index (χ2n) is 5.23. The minimum atomic E-state index is 0.0993. The van der Waals surface area contributed by atoms with Gasteiger partial charge in [-0.2, -0.15) is 5.10 Å². The van der Waals surface area contributed by atoms with Crippen molar-refractivity contribution in [1.82, 2.24) is 15.1 Å². The Morgan fingerprint density at radius 3 is 3.10 bits per heavy atom. The van der Waals surface area contributed by atoms with Crippen molar-refractivity contribution in [3.8, 4) is 0 Å². The summed E-state index contributed by atoms with van der Waals surface area (Å²) in [5.74, 6) is 0.0993. The fourth-order valence-electron chi connectivity index (χ4n) is 2.82. The molecule has 20 heavy (non-hydrogen) atoms. The summed E-state index contributed by atoms with van der Waals surface area (Å²) in [5, 5.41) is 7.27. The van der Waals surface area contributed by atoms with Gasteiger partial charge < -0.3 is 5.32 Å². The van der Waals surface area contributed by atoms with Gasteiger partial charge in [0, 0.05) is 25.4 Å². The Morgan fingerprint density at radius 2 is 2.25 bits per heavy atom. The molecule has 2 aromatic rings. The van der Waals surface area contributed by atoms with Gasteiger partial charge in [0.25, 0.3) is 0 Å². The molecule has 1 amide bonds. The van der Waals surface area contributed by atoms with Gasteiger partial charge in [-0.15, -0.1) is 0 Å². The zero-order valence-electron chi connectivity index (χ0n) is 11.5. The van der Waals surface area contributed by atoms with Crippen molar-refractivity contribution in [3.63, 3.8) is 0 Å². The van der Waals surface area contributed by atoms with Crippen LogP contribution in [0, 0.1) is 0 Å². The molecule has 0 saturated carbocycles. The van der Waals surface area contributed by atoms with Gasteiger partial charge in [0.15, 0.2) is 0 Å². The minimum Gasteiger partial charge on any atom is -0.349 e. The third kappa shape index (κ3) is 2.90. The van der Waals surface area contributed by atoms with Crippen molar-refractivity contribution < 1.29 is 4.79 Å². The Labute approximate surface area is 118 Å². The molecule has 1 aromatic heterocycles. The normalized spacial score (nSPS) is 17.5. The largest absolute Gasteiger partial charge is 0.349 e. The van der Waals surface area contributed by atoms with Gasteiger partial charge >= 0.3 is 0 Å². The fraction of sp³-hybridized carbons (Fsp3) is 0.375. The lowest BCUT2D eigenvalue weighted by Gasteiger charge is -2.26. The minimum absolute atomic E-state index is 0.0993. The van der Waals surface area contributed by atoms with Crippen LogP contribution < -0.4 is 5.32 Å². The molecular weight excluding hydrogens is 250 g/mol. The Balaban J connectivity index is 1.59. The number of nitrogens with one attached hydrogen (secondary N) is 1. The molecule has 0 unspecified atom stereocenters. The number of carbonyl (C=O) groups excluding carboxylic acids is 1. The lowest BCUT2D eigenvalue weighted by atomic mass is 9.88. The van der Waals surface area contributed by atoms with Gasteiger partial charge in [-0.25, -0.2) is 0 Å². The molecule has 0 radical (unpaired) electrons. The van der Waals surface area contributed by atoms with Crippen LogP contribution in [-0.2, 0) is 17.8 Å². The zero-order chi connectivity index (χ0) is 13.8. The zero-order valence-corrected chi connectivity index (χ0v) is 11.5. The number of aryl methyl sites for hydroxylation is 2. The standard InChI is InChI=1S/C16H19N3O/c20-16(9-12-19-11-4-10-17-19)18-15-8-3-6-13-5-1-2-7-14(13)15/h1-2,4-5,7,10-11,15H,3,6,8-9,12H2,(H,18,20)/t15-/m1/s1. The number of carbonyl (C=O) groups is 1. The molecule has 1 heterocycles. The maximum atomic E-state index is 12.1. The molecular formula is C16H19N3O. The molecule has 3 rings (SSSR count). The van der Waals surface area contributed by atoms with Gasteiger partial charge in [-0.1, -0.05) is 24.3 Å². The van der Waals surface area contributed by atoms with Crippen molar-refractivity contribution in [3.05, 3.63) is 53.9 Å². The van der Waals surface area contributed by atoms with Gasteiger partial charge in [0.2, 0.25) is 5.91 Å². The van der Waals surface area contributed by atoms with Gasteiger partial charge in [-0.3, -0.25) is 9.48 Å². The summed E-state index contributed by atoms with van der Waals surface area (Å²) in [5.41, 5.74) is 2.65. The number of benzene rings is 1. The molecule has 104 valence electrons. The molecule has 1 N–H and O–H groups in total. The quantitative estimate of drug-likeness (QED) is 0.927. The number of hydrogen-bond donors (Lipinski definition) is 1. The summed E-state index contributed by atoms with van der Waals surface area (Å²) in [6.07, 6.45) is 7.38. The number of hydrogen-bond acceptors (Lipinski definition) is 2. The van der Waals surface area contributed by atoms with E-state index in [-0.39, 0.29) is 11.9 Å². The highest BCUT2D eigenvalue weighted by atomic mass is 16.1. The molecule has 4 heteroatoms. The van der Waals surface area contributed by atoms with Crippen LogP contribution >= 0.6 is 0 Å². The van der Waals surface area contributed by atoms with Crippen LogP contribution in [0.25, 0.3) is 0 Å². The Morgan fingerprint density at radius 1 is 1.35 bits per heavy atom. The molecule has 0 aliphatic heterocycles. The van der Waals surface area contributed by atoms with Crippen LogP contribution in [0.3, 0.4) is 0 Å². The average molecular weight is 269 g/mol. The Bertz CT molecular complexity index is 577. The van der Waals surface area contributed by atoms with Crippen LogP contribution in [0.15, 0.2) is 42.7 Å². The first-order valence-electron chi connectivity index (χ1n) is 7.17. The molecule has 0 bridgehead atoms. The SMILES string of the molecule is O=C(CCn1cccn1)N[C@@H]1CCCc2ccccc21. The number of amides is 1. The van der Waals surface area contributed by atoms with Gasteiger partial charge in [0.1, 0.15) is 0 Å². The van der Waals surface area contributed by atoms with Crippen molar-refractivity contribution in [2.24, 2.45) is 0 Å². The number of rotatable bonds is 4. The van der Waals surface area contributed by atoms with E-state index in [1.807, 2.05) is 18.3 Å². The van der Waals surface area contributed by atoms with E-state index in [1.54, 1.807) is 10.9 Å². The molecule has 1 atom stereocenters. The Kier molecular flexibility index (Phi) is 3.81. The fourth-order valence-corrected chi connectivity index (χ4v) is 2.82. The summed E-state index contributed by atoms with van der Waals surface area (Å²) in [6.45, 7) is 0.632. The third-order valence-electron chi connectivity index (χ3n) is 3.83. The predicted octanol–water partition coefficient (Wildman–Crippen LogP) is 2.47. The van der Waals surface area contributed by atoms with Crippen LogP contribution in [0.4, 0.5) is 0 Å². The van der Waals surface area contributed by atoms with Gasteiger partial charge in [0.05, 0.1) is 6.04 Å². The van der Waals surface area contributed by atoms with Crippen LogP contribution in [0.2, 0.25) is 0 Å². The monoisotopic (exact) mass is 269 g/mol. The summed E-state index contributed by atoms with van der Waals surface area (Å²) >= 11 is 0. The molecule has 1 aliphatic carbocycles. The first-order valence-corrected chi connectivity index (χ1v) is 7.17. The van der Waals surface area contributed by atoms with Crippen molar-refractivity contribution in [2.45, 2.75) is 38.3 Å². The highest BCUT2D eigenvalue weighted by Crippen LogP contribution is 2.29. The topological polar surface area (TPSA) is 46.9 Å². The summed E-state index contributed by atoms with van der Waals surface area (Å²) in [4.78, 5) is 12.1. The lowest BCUT2D eigenvalue weighted by molar-refractivity contribution is -0.122. The van der Waals surface area contributed by atoms with Crippen LogP contribution in [0.1, 0.15) is 36.4 Å². The molecule has 0 saturated heterocycles. The van der Waals surface area contributed by atoms with E-state index in [1.165, 1.54) is 11.1 Å². The first kappa shape index (κ1) is 12.9. The second kappa shape index (κ2) is 5.90. The van der Waals surface area contributed by atoms with Crippen molar-refractivity contribution >= 4 is 5.91 Å². The number of nitrogens with zero attached hydrogens (tertiary/aromatic N) is 2. The second-order valence-corrected chi connectivity index (χ2v) is 5.23. The highest BCUT2D eigenvalue weighted by Gasteiger charge is 2.20. The first-order chi connectivity index (χ1) is 9.83. The molecule has 4 nitrogen and oxygen atoms in total. The summed E-state index contributed by atoms with van der Waals surface area (Å²) < 4.78 is 1.79. The molecule has 1 aliphatic rings. The van der Waals surface area contributed by atoms with Gasteiger partial charge in [-0.05, 0) is 36.5 Å². The van der Waals surface area contributed by atoms with E-state index in [4.69, 9.17) is 0 Å². The summed E-state index contributed by atoms with van der Waals surface area (Å²) in [7, 11) is 0. The highest BCUT2D eigenvalue weighted by molar-refractivity contribution is 5.76. The number of aromatic nitrogens is 2. The average Bonchev–Trinajstić information content (AvgIpc) is 2.99. The van der Waals surface area contributed by atoms with E-state index < -0.39 is 0 Å². The van der Waals surface area contributed by atoms with E-state index >= 15 is 0 Å². The third-order valence-corrected chi connectivity index (χ3v) is 3.83. The predicted molar refractivity (Wildman–Crippen MR) is 77.1 cm³/mol. The van der Waals surface area contributed by atoms with E-state index in [0.29, 0.717) is 13.0 Å². The van der Waals surface area contributed by atoms with Crippen LogP contribution in [-0.4, -0.2) is 15.7 Å². The van der Waals surface area contributed by atoms with Crippen molar-refractivity contribution in [1.29, 1.82) is 0 Å². The molecule has 0 spiro atoms. The van der Waals surface area contributed by atoms with Crippen LogP contribution in [0.5, 0.6) is 0 Å². The van der Waals surface area contributed by atoms with Crippen molar-refractivity contribution in [2.75, 3.05) is 0 Å². The maximum absolute atomic E-state index is 12.1. The number of fused-ring (bicyclic) bond motifs is 1. The van der Waals surface area contributed by atoms with E-state index in [2.05, 4.69) is 28.6 Å². The lowest BCUT2D eigenvalue weighted by Crippen LogP contribution is -2.31. The van der Waals surface area contributed by atoms with E-state index in [0.717, 1.165) is 19.3 Å². The smallest absolute Gasteiger partial charge is 0.222 e. The maximum Gasteiger partial charge on any atom is 0.222 e. The Hall–Kier alpha value is -2.10. The molecule has 0 fully saturated rings. The molecule has 1 aromatic carbocycles. The van der Waals surface area contributed by atoms with E-state index in [9.17, 15) is 4.79 Å². The summed E-state index contributed by atoms with van der Waals surface area (Å²) in [6, 6.07) is 10.5.